The van der Waals surface area contributed by atoms with E-state index in [-0.39, 0.29) is 23.7 Å². The van der Waals surface area contributed by atoms with Gasteiger partial charge in [-0.05, 0) is 31.9 Å². The predicted octanol–water partition coefficient (Wildman–Crippen LogP) is 2.59. The topological polar surface area (TPSA) is 84.3 Å². The van der Waals surface area contributed by atoms with Crippen LogP contribution in [0.1, 0.15) is 32.1 Å². The molecule has 0 bridgehead atoms. The van der Waals surface area contributed by atoms with Crippen LogP contribution in [0.3, 0.4) is 0 Å². The number of nitrogens with one attached hydrogen (secondary N) is 2. The predicted molar refractivity (Wildman–Crippen MR) is 76.6 cm³/mol. The van der Waals surface area contributed by atoms with Crippen molar-refractivity contribution in [3.63, 3.8) is 0 Å². The van der Waals surface area contributed by atoms with Gasteiger partial charge in [-0.25, -0.2) is 4.39 Å². The number of hydrogen-bond acceptors (Lipinski definition) is 4. The molecule has 2 N–H and O–H groups in total. The Hall–Kier alpha value is -2.02. The lowest BCUT2D eigenvalue weighted by Crippen LogP contribution is -2.34. The number of nitro benzene ring substituents is 1. The third-order valence-electron chi connectivity index (χ3n) is 3.57. The van der Waals surface area contributed by atoms with Gasteiger partial charge in [-0.3, -0.25) is 14.9 Å². The fourth-order valence-electron chi connectivity index (χ4n) is 2.41. The number of halogens is 1. The normalized spacial score (nSPS) is 18.2. The average molecular weight is 295 g/mol. The molecule has 1 aliphatic rings. The lowest BCUT2D eigenvalue weighted by Gasteiger charge is -2.23. The molecule has 1 aromatic carbocycles. The zero-order valence-electron chi connectivity index (χ0n) is 11.6. The maximum Gasteiger partial charge on any atom is 0.271 e. The fourth-order valence-corrected chi connectivity index (χ4v) is 2.41. The van der Waals surface area contributed by atoms with Crippen molar-refractivity contribution in [1.82, 2.24) is 5.32 Å². The van der Waals surface area contributed by atoms with Gasteiger partial charge in [-0.1, -0.05) is 6.42 Å². The minimum absolute atomic E-state index is 0.147. The van der Waals surface area contributed by atoms with Gasteiger partial charge < -0.3 is 10.6 Å². The van der Waals surface area contributed by atoms with Gasteiger partial charge in [0.15, 0.2) is 0 Å². The highest BCUT2D eigenvalue weighted by atomic mass is 19.1. The van der Waals surface area contributed by atoms with Gasteiger partial charge in [0.2, 0.25) is 5.91 Å². The molecule has 1 heterocycles. The molecule has 7 heteroatoms. The van der Waals surface area contributed by atoms with Crippen LogP contribution < -0.4 is 10.6 Å². The highest BCUT2D eigenvalue weighted by Gasteiger charge is 2.16. The summed E-state index contributed by atoms with van der Waals surface area (Å²) < 4.78 is 13.5. The monoisotopic (exact) mass is 295 g/mol. The molecule has 1 aliphatic heterocycles. The standard InChI is InChI=1S/C14H18FN3O3/c15-12-6-5-11(18(20)21)9-13(12)17-14(19)7-4-10-3-1-2-8-16-10/h5-6,9-10,16H,1-4,7-8H2,(H,17,19). The highest BCUT2D eigenvalue weighted by molar-refractivity contribution is 5.91. The van der Waals surface area contributed by atoms with Gasteiger partial charge in [0.05, 0.1) is 10.6 Å². The smallest absolute Gasteiger partial charge is 0.271 e. The Kier molecular flexibility index (Phi) is 5.21. The first-order valence-electron chi connectivity index (χ1n) is 7.03. The third-order valence-corrected chi connectivity index (χ3v) is 3.57. The van der Waals surface area contributed by atoms with Gasteiger partial charge in [-0.2, -0.15) is 0 Å². The quantitative estimate of drug-likeness (QED) is 0.646. The zero-order valence-corrected chi connectivity index (χ0v) is 11.6. The second kappa shape index (κ2) is 7.12. The van der Waals surface area contributed by atoms with E-state index in [1.165, 1.54) is 0 Å². The van der Waals surface area contributed by atoms with E-state index in [0.29, 0.717) is 12.5 Å². The van der Waals surface area contributed by atoms with E-state index in [0.717, 1.165) is 44.0 Å². The van der Waals surface area contributed by atoms with Crippen molar-refractivity contribution in [2.75, 3.05) is 11.9 Å². The summed E-state index contributed by atoms with van der Waals surface area (Å²) in [6, 6.07) is 3.40. The molecule has 0 saturated carbocycles. The van der Waals surface area contributed by atoms with E-state index in [4.69, 9.17) is 0 Å². The van der Waals surface area contributed by atoms with E-state index < -0.39 is 10.7 Å². The van der Waals surface area contributed by atoms with Crippen LogP contribution in [0, 0.1) is 15.9 Å². The number of nitro groups is 1. The Morgan fingerprint density at radius 1 is 1.48 bits per heavy atom. The molecule has 0 radical (unpaired) electrons. The molecule has 6 nitrogen and oxygen atoms in total. The first-order valence-corrected chi connectivity index (χ1v) is 7.03. The van der Waals surface area contributed by atoms with Crippen molar-refractivity contribution in [1.29, 1.82) is 0 Å². The van der Waals surface area contributed by atoms with E-state index >= 15 is 0 Å². The number of nitrogens with zero attached hydrogens (tertiary/aromatic N) is 1. The van der Waals surface area contributed by atoms with Crippen LogP contribution >= 0.6 is 0 Å². The first-order chi connectivity index (χ1) is 10.1. The zero-order chi connectivity index (χ0) is 15.2. The number of anilines is 1. The number of hydrogen-bond donors (Lipinski definition) is 2. The fraction of sp³-hybridized carbons (Fsp3) is 0.500. The first kappa shape index (κ1) is 15.4. The molecule has 1 unspecified atom stereocenters. The van der Waals surface area contributed by atoms with E-state index in [2.05, 4.69) is 10.6 Å². The SMILES string of the molecule is O=C(CCC1CCCCN1)Nc1cc([N+](=O)[O-])ccc1F. The molecular weight excluding hydrogens is 277 g/mol. The summed E-state index contributed by atoms with van der Waals surface area (Å²) in [5.41, 5.74) is -0.397. The Bertz CT molecular complexity index is 530. The molecule has 2 rings (SSSR count). The number of carbonyl (C=O) groups is 1. The summed E-state index contributed by atoms with van der Waals surface area (Å²) in [7, 11) is 0. The summed E-state index contributed by atoms with van der Waals surface area (Å²) in [5, 5.41) is 16.4. The highest BCUT2D eigenvalue weighted by Crippen LogP contribution is 2.21. The third kappa shape index (κ3) is 4.49. The molecule has 1 fully saturated rings. The number of carbonyl (C=O) groups excluding carboxylic acids is 1. The van der Waals surface area contributed by atoms with E-state index in [1.807, 2.05) is 0 Å². The van der Waals surface area contributed by atoms with Crippen LogP contribution in [-0.4, -0.2) is 23.4 Å². The Labute approximate surface area is 121 Å². The second-order valence-electron chi connectivity index (χ2n) is 5.15. The van der Waals surface area contributed by atoms with Crippen molar-refractivity contribution in [2.24, 2.45) is 0 Å². The summed E-state index contributed by atoms with van der Waals surface area (Å²) in [4.78, 5) is 21.8. The molecule has 21 heavy (non-hydrogen) atoms. The summed E-state index contributed by atoms with van der Waals surface area (Å²) in [5.74, 6) is -1.01. The van der Waals surface area contributed by atoms with Crippen molar-refractivity contribution in [3.05, 3.63) is 34.1 Å². The second-order valence-corrected chi connectivity index (χ2v) is 5.15. The van der Waals surface area contributed by atoms with Gasteiger partial charge >= 0.3 is 0 Å². The number of rotatable bonds is 5. The minimum atomic E-state index is -0.676. The van der Waals surface area contributed by atoms with Crippen LogP contribution in [0.5, 0.6) is 0 Å². The Balaban J connectivity index is 1.89. The summed E-state index contributed by atoms with van der Waals surface area (Å²) in [6.07, 6.45) is 4.29. The molecule has 0 aliphatic carbocycles. The van der Waals surface area contributed by atoms with Crippen molar-refractivity contribution >= 4 is 17.3 Å². The number of non-ortho nitro benzene ring substituents is 1. The maximum absolute atomic E-state index is 13.5. The number of amides is 1. The van der Waals surface area contributed by atoms with Crippen molar-refractivity contribution in [3.8, 4) is 0 Å². The van der Waals surface area contributed by atoms with E-state index in [9.17, 15) is 19.3 Å². The number of benzene rings is 1. The molecule has 1 saturated heterocycles. The Morgan fingerprint density at radius 3 is 2.95 bits per heavy atom. The van der Waals surface area contributed by atoms with Crippen LogP contribution in [0.4, 0.5) is 15.8 Å². The molecule has 114 valence electrons. The molecule has 1 amide bonds. The minimum Gasteiger partial charge on any atom is -0.323 e. The molecule has 0 aromatic heterocycles. The van der Waals surface area contributed by atoms with Crippen LogP contribution in [-0.2, 0) is 4.79 Å². The van der Waals surface area contributed by atoms with Gasteiger partial charge in [0.25, 0.3) is 5.69 Å². The van der Waals surface area contributed by atoms with Gasteiger partial charge in [-0.15, -0.1) is 0 Å². The maximum atomic E-state index is 13.5. The molecular formula is C14H18FN3O3. The summed E-state index contributed by atoms with van der Waals surface area (Å²) >= 11 is 0. The molecule has 1 aromatic rings. The largest absolute Gasteiger partial charge is 0.323 e. The van der Waals surface area contributed by atoms with Crippen LogP contribution in [0.2, 0.25) is 0 Å². The lowest BCUT2D eigenvalue weighted by molar-refractivity contribution is -0.384. The Morgan fingerprint density at radius 2 is 2.29 bits per heavy atom. The lowest BCUT2D eigenvalue weighted by atomic mass is 10.0. The summed E-state index contributed by atoms with van der Waals surface area (Å²) in [6.45, 7) is 0.964. The molecule has 1 atom stereocenters. The van der Waals surface area contributed by atoms with Crippen molar-refractivity contribution in [2.45, 2.75) is 38.1 Å². The van der Waals surface area contributed by atoms with Crippen LogP contribution in [0.15, 0.2) is 18.2 Å². The van der Waals surface area contributed by atoms with Crippen LogP contribution in [0.25, 0.3) is 0 Å². The van der Waals surface area contributed by atoms with Gasteiger partial charge in [0.1, 0.15) is 5.82 Å². The average Bonchev–Trinajstić information content (AvgIpc) is 2.48. The molecule has 0 spiro atoms. The van der Waals surface area contributed by atoms with E-state index in [1.54, 1.807) is 0 Å². The van der Waals surface area contributed by atoms with Crippen molar-refractivity contribution < 1.29 is 14.1 Å². The van der Waals surface area contributed by atoms with Gasteiger partial charge in [0, 0.05) is 24.6 Å². The number of piperidine rings is 1.